The van der Waals surface area contributed by atoms with Gasteiger partial charge in [0, 0.05) is 18.8 Å². The number of rotatable bonds is 6. The molecule has 7 nitrogen and oxygen atoms in total. The molecule has 1 saturated heterocycles. The zero-order valence-corrected chi connectivity index (χ0v) is 16.6. The fourth-order valence-electron chi connectivity index (χ4n) is 2.82. The van der Waals surface area contributed by atoms with E-state index in [1.807, 2.05) is 6.92 Å². The Labute approximate surface area is 167 Å². The van der Waals surface area contributed by atoms with Crippen molar-refractivity contribution >= 4 is 33.2 Å². The highest BCUT2D eigenvalue weighted by molar-refractivity contribution is 7.93. The van der Waals surface area contributed by atoms with Gasteiger partial charge in [0.25, 0.3) is 10.0 Å². The number of carbonyl (C=O) groups excluding carboxylic acids is 1. The summed E-state index contributed by atoms with van der Waals surface area (Å²) < 4.78 is 41.1. The lowest BCUT2D eigenvalue weighted by Gasteiger charge is -2.19. The third kappa shape index (κ3) is 4.79. The first-order valence-corrected chi connectivity index (χ1v) is 10.5. The molecular formula is C18H20ClFN4O3S. The maximum atomic E-state index is 13.2. The molecule has 0 aliphatic carbocycles. The smallest absolute Gasteiger partial charge is 0.250 e. The standard InChI is InChI=1S/C18H20ClFN4O3S/c1-11-2-5-13(6-3-11)24-28(26,27)18-14(10-22-23-18)17(25)21-9-12-4-7-16(20)15(19)8-12/h2-8,14,18,22-24H,9-10H2,1H3,(H,21,25). The second kappa shape index (κ2) is 8.44. The molecule has 0 radical (unpaired) electrons. The summed E-state index contributed by atoms with van der Waals surface area (Å²) in [4.78, 5) is 12.5. The first-order chi connectivity index (χ1) is 13.3. The highest BCUT2D eigenvalue weighted by Crippen LogP contribution is 2.20. The maximum absolute atomic E-state index is 13.2. The van der Waals surface area contributed by atoms with Crippen molar-refractivity contribution in [1.82, 2.24) is 16.2 Å². The maximum Gasteiger partial charge on any atom is 0.250 e. The molecule has 28 heavy (non-hydrogen) atoms. The molecule has 1 amide bonds. The second-order valence-corrected chi connectivity index (χ2v) is 8.74. The van der Waals surface area contributed by atoms with Crippen LogP contribution in [-0.4, -0.2) is 26.2 Å². The van der Waals surface area contributed by atoms with Gasteiger partial charge in [-0.05, 0) is 36.8 Å². The molecule has 0 aromatic heterocycles. The van der Waals surface area contributed by atoms with E-state index >= 15 is 0 Å². The molecule has 0 spiro atoms. The molecule has 0 bridgehead atoms. The summed E-state index contributed by atoms with van der Waals surface area (Å²) in [5, 5.41) is 1.48. The normalized spacial score (nSPS) is 19.4. The minimum absolute atomic E-state index is 0.0429. The van der Waals surface area contributed by atoms with Gasteiger partial charge in [0.15, 0.2) is 5.37 Å². The van der Waals surface area contributed by atoms with Gasteiger partial charge < -0.3 is 5.32 Å². The summed E-state index contributed by atoms with van der Waals surface area (Å²) in [6.45, 7) is 2.15. The Morgan fingerprint density at radius 1 is 1.25 bits per heavy atom. The molecule has 1 aliphatic heterocycles. The van der Waals surface area contributed by atoms with Crippen LogP contribution in [0.3, 0.4) is 0 Å². The zero-order chi connectivity index (χ0) is 20.3. The Balaban J connectivity index is 1.66. The Bertz CT molecular complexity index is 969. The van der Waals surface area contributed by atoms with E-state index in [9.17, 15) is 17.6 Å². The number of carbonyl (C=O) groups is 1. The third-order valence-electron chi connectivity index (χ3n) is 4.37. The van der Waals surface area contributed by atoms with Gasteiger partial charge in [-0.3, -0.25) is 14.9 Å². The molecule has 0 saturated carbocycles. The summed E-state index contributed by atoms with van der Waals surface area (Å²) in [7, 11) is -3.87. The lowest BCUT2D eigenvalue weighted by Crippen LogP contribution is -2.46. The van der Waals surface area contributed by atoms with Crippen molar-refractivity contribution in [2.24, 2.45) is 5.92 Å². The average Bonchev–Trinajstić information content (AvgIpc) is 3.15. The molecule has 2 atom stereocenters. The van der Waals surface area contributed by atoms with E-state index in [4.69, 9.17) is 11.6 Å². The predicted octanol–water partition coefficient (Wildman–Crippen LogP) is 1.90. The molecule has 2 aromatic carbocycles. The lowest BCUT2D eigenvalue weighted by atomic mass is 10.1. The van der Waals surface area contributed by atoms with Crippen molar-refractivity contribution in [3.8, 4) is 0 Å². The van der Waals surface area contributed by atoms with Gasteiger partial charge in [-0.2, -0.15) is 0 Å². The van der Waals surface area contributed by atoms with Gasteiger partial charge in [-0.1, -0.05) is 35.4 Å². The molecule has 150 valence electrons. The first-order valence-electron chi connectivity index (χ1n) is 8.54. The van der Waals surface area contributed by atoms with Crippen LogP contribution in [0, 0.1) is 18.7 Å². The van der Waals surface area contributed by atoms with Crippen LogP contribution in [0.15, 0.2) is 42.5 Å². The molecule has 1 fully saturated rings. The number of sulfonamides is 1. The number of nitrogens with one attached hydrogen (secondary N) is 4. The second-order valence-electron chi connectivity index (χ2n) is 6.53. The van der Waals surface area contributed by atoms with Crippen molar-refractivity contribution in [3.63, 3.8) is 0 Å². The number of anilines is 1. The van der Waals surface area contributed by atoms with E-state index in [0.717, 1.165) is 5.56 Å². The molecule has 2 unspecified atom stereocenters. The minimum Gasteiger partial charge on any atom is -0.352 e. The van der Waals surface area contributed by atoms with Crippen LogP contribution >= 0.6 is 11.6 Å². The number of hydrogen-bond acceptors (Lipinski definition) is 5. The summed E-state index contributed by atoms with van der Waals surface area (Å²) in [6.07, 6.45) is 0. The van der Waals surface area contributed by atoms with Crippen LogP contribution in [0.25, 0.3) is 0 Å². The van der Waals surface area contributed by atoms with Crippen molar-refractivity contribution < 1.29 is 17.6 Å². The topological polar surface area (TPSA) is 99.3 Å². The molecule has 10 heteroatoms. The lowest BCUT2D eigenvalue weighted by molar-refractivity contribution is -0.124. The molecule has 4 N–H and O–H groups in total. The van der Waals surface area contributed by atoms with Crippen molar-refractivity contribution in [1.29, 1.82) is 0 Å². The highest BCUT2D eigenvalue weighted by Gasteiger charge is 2.41. The number of benzene rings is 2. The Kier molecular flexibility index (Phi) is 6.19. The van der Waals surface area contributed by atoms with Crippen LogP contribution in [0.1, 0.15) is 11.1 Å². The first kappa shape index (κ1) is 20.5. The van der Waals surface area contributed by atoms with E-state index in [-0.39, 0.29) is 18.1 Å². The van der Waals surface area contributed by atoms with Gasteiger partial charge >= 0.3 is 0 Å². The number of hydrogen-bond donors (Lipinski definition) is 4. The van der Waals surface area contributed by atoms with E-state index in [1.54, 1.807) is 24.3 Å². The SMILES string of the molecule is Cc1ccc(NS(=O)(=O)C2NNCC2C(=O)NCc2ccc(F)c(Cl)c2)cc1. The van der Waals surface area contributed by atoms with E-state index in [1.165, 1.54) is 18.2 Å². The Hall–Kier alpha value is -2.20. The Morgan fingerprint density at radius 3 is 2.64 bits per heavy atom. The van der Waals surface area contributed by atoms with Crippen LogP contribution in [0.2, 0.25) is 5.02 Å². The largest absolute Gasteiger partial charge is 0.352 e. The van der Waals surface area contributed by atoms with Crippen molar-refractivity contribution in [3.05, 3.63) is 64.4 Å². The van der Waals surface area contributed by atoms with Crippen molar-refractivity contribution in [2.45, 2.75) is 18.8 Å². The van der Waals surface area contributed by atoms with Crippen molar-refractivity contribution in [2.75, 3.05) is 11.3 Å². The van der Waals surface area contributed by atoms with Crippen LogP contribution in [-0.2, 0) is 21.4 Å². The summed E-state index contributed by atoms with van der Waals surface area (Å²) in [5.41, 5.74) is 7.39. The summed E-state index contributed by atoms with van der Waals surface area (Å²) >= 11 is 5.73. The molecule has 3 rings (SSSR count). The quantitative estimate of drug-likeness (QED) is 0.565. The highest BCUT2D eigenvalue weighted by atomic mass is 35.5. The number of hydrazine groups is 1. The Morgan fingerprint density at radius 2 is 1.96 bits per heavy atom. The van der Waals surface area contributed by atoms with E-state index in [0.29, 0.717) is 11.3 Å². The van der Waals surface area contributed by atoms with Crippen LogP contribution in [0.4, 0.5) is 10.1 Å². The third-order valence-corrected chi connectivity index (χ3v) is 6.29. The van der Waals surface area contributed by atoms with Gasteiger partial charge in [-0.15, -0.1) is 0 Å². The molecule has 1 heterocycles. The predicted molar refractivity (Wildman–Crippen MR) is 105 cm³/mol. The summed E-state index contributed by atoms with van der Waals surface area (Å²) in [5.74, 6) is -1.84. The molecule has 2 aromatic rings. The van der Waals surface area contributed by atoms with Gasteiger partial charge in [0.1, 0.15) is 5.82 Å². The fourth-order valence-corrected chi connectivity index (χ4v) is 4.51. The van der Waals surface area contributed by atoms with E-state index in [2.05, 4.69) is 20.9 Å². The number of amides is 1. The van der Waals surface area contributed by atoms with Gasteiger partial charge in [-0.25, -0.2) is 18.2 Å². The van der Waals surface area contributed by atoms with Gasteiger partial charge in [0.2, 0.25) is 5.91 Å². The van der Waals surface area contributed by atoms with Crippen LogP contribution < -0.4 is 20.9 Å². The van der Waals surface area contributed by atoms with E-state index < -0.39 is 33.0 Å². The number of halogens is 2. The average molecular weight is 427 g/mol. The van der Waals surface area contributed by atoms with Gasteiger partial charge in [0.05, 0.1) is 10.9 Å². The number of aryl methyl sites for hydroxylation is 1. The molecule has 1 aliphatic rings. The zero-order valence-electron chi connectivity index (χ0n) is 15.0. The van der Waals surface area contributed by atoms with Crippen LogP contribution in [0.5, 0.6) is 0 Å². The monoisotopic (exact) mass is 426 g/mol. The summed E-state index contributed by atoms with van der Waals surface area (Å²) in [6, 6.07) is 11.0. The minimum atomic E-state index is -3.87. The fraction of sp³-hybridized carbons (Fsp3) is 0.278. The molecular weight excluding hydrogens is 407 g/mol.